The van der Waals surface area contributed by atoms with Crippen molar-refractivity contribution in [2.45, 2.75) is 0 Å². The fourth-order valence-electron chi connectivity index (χ4n) is 2.85. The van der Waals surface area contributed by atoms with Crippen molar-refractivity contribution in [1.82, 2.24) is 9.55 Å². The molecule has 29 heavy (non-hydrogen) atoms. The molecule has 0 unspecified atom stereocenters. The number of carbonyl (C=O) groups excluding carboxylic acids is 1. The molecule has 3 rings (SSSR count). The number of carbonyl (C=O) groups is 1. The van der Waals surface area contributed by atoms with Crippen molar-refractivity contribution in [2.75, 3.05) is 25.1 Å². The summed E-state index contributed by atoms with van der Waals surface area (Å²) in [6, 6.07) is 2.21. The van der Waals surface area contributed by atoms with E-state index in [0.29, 0.717) is 6.07 Å². The van der Waals surface area contributed by atoms with Crippen LogP contribution < -0.4 is 16.1 Å². The van der Waals surface area contributed by atoms with E-state index in [9.17, 15) is 22.8 Å². The van der Waals surface area contributed by atoms with E-state index in [1.54, 1.807) is 0 Å². The SMILES string of the molecule is CN(CCO)c1nc2c(cc1F)c(=O)c(C(N)=O)cn2-c1c(F)cc(F)cc1Cl. The van der Waals surface area contributed by atoms with Gasteiger partial charge in [-0.15, -0.1) is 0 Å². The molecule has 2 heterocycles. The number of aromatic nitrogens is 2. The van der Waals surface area contributed by atoms with Gasteiger partial charge in [-0.1, -0.05) is 11.6 Å². The van der Waals surface area contributed by atoms with Crippen molar-refractivity contribution < 1.29 is 23.1 Å². The largest absolute Gasteiger partial charge is 0.395 e. The van der Waals surface area contributed by atoms with Crippen molar-refractivity contribution in [1.29, 1.82) is 0 Å². The third-order valence-electron chi connectivity index (χ3n) is 4.20. The summed E-state index contributed by atoms with van der Waals surface area (Å²) in [4.78, 5) is 29.6. The van der Waals surface area contributed by atoms with Crippen LogP contribution in [0.5, 0.6) is 0 Å². The number of primary amides is 1. The van der Waals surface area contributed by atoms with Gasteiger partial charge < -0.3 is 15.7 Å². The zero-order valence-corrected chi connectivity index (χ0v) is 15.7. The van der Waals surface area contributed by atoms with E-state index >= 15 is 0 Å². The number of benzene rings is 1. The quantitative estimate of drug-likeness (QED) is 0.649. The van der Waals surface area contributed by atoms with Crippen molar-refractivity contribution in [3.05, 3.63) is 62.7 Å². The molecule has 0 saturated carbocycles. The van der Waals surface area contributed by atoms with Crippen molar-refractivity contribution in [2.24, 2.45) is 5.73 Å². The lowest BCUT2D eigenvalue weighted by Crippen LogP contribution is -2.27. The molecule has 0 saturated heterocycles. The third kappa shape index (κ3) is 3.64. The van der Waals surface area contributed by atoms with E-state index in [2.05, 4.69) is 4.98 Å². The zero-order valence-electron chi connectivity index (χ0n) is 14.9. The van der Waals surface area contributed by atoms with Crippen LogP contribution in [-0.4, -0.2) is 40.8 Å². The molecular weight excluding hydrogens is 413 g/mol. The molecular formula is C18H14ClF3N4O3. The summed E-state index contributed by atoms with van der Waals surface area (Å²) in [6.07, 6.45) is 0.913. The molecule has 0 spiro atoms. The molecule has 1 aromatic carbocycles. The predicted molar refractivity (Wildman–Crippen MR) is 101 cm³/mol. The fourth-order valence-corrected chi connectivity index (χ4v) is 3.13. The molecule has 3 N–H and O–H groups in total. The van der Waals surface area contributed by atoms with E-state index in [1.807, 2.05) is 0 Å². The number of aliphatic hydroxyl groups is 1. The first-order valence-electron chi connectivity index (χ1n) is 8.18. The Balaban J connectivity index is 2.48. The molecule has 7 nitrogen and oxygen atoms in total. The maximum atomic E-state index is 14.6. The Bertz CT molecular complexity index is 1180. The van der Waals surface area contributed by atoms with Gasteiger partial charge in [0.1, 0.15) is 17.1 Å². The molecule has 11 heteroatoms. The molecule has 3 aromatic rings. The Hall–Kier alpha value is -3.11. The first-order chi connectivity index (χ1) is 13.6. The van der Waals surface area contributed by atoms with Crippen molar-refractivity contribution in [3.63, 3.8) is 0 Å². The number of nitrogens with two attached hydrogens (primary N) is 1. The first-order valence-corrected chi connectivity index (χ1v) is 8.56. The number of pyridine rings is 2. The van der Waals surface area contributed by atoms with Crippen molar-refractivity contribution >= 4 is 34.4 Å². The number of nitrogens with zero attached hydrogens (tertiary/aromatic N) is 3. The van der Waals surface area contributed by atoms with Gasteiger partial charge in [0.05, 0.1) is 17.0 Å². The molecule has 0 fully saturated rings. The fraction of sp³-hybridized carbons (Fsp3) is 0.167. The molecule has 0 radical (unpaired) electrons. The molecule has 0 aliphatic heterocycles. The van der Waals surface area contributed by atoms with E-state index in [-0.39, 0.29) is 35.0 Å². The van der Waals surface area contributed by atoms with Gasteiger partial charge in [-0.3, -0.25) is 14.2 Å². The summed E-state index contributed by atoms with van der Waals surface area (Å²) in [7, 11) is 1.44. The number of hydrogen-bond donors (Lipinski definition) is 2. The predicted octanol–water partition coefficient (Wildman–Crippen LogP) is 1.98. The van der Waals surface area contributed by atoms with Crippen LogP contribution in [0, 0.1) is 17.5 Å². The van der Waals surface area contributed by atoms with E-state index in [1.165, 1.54) is 11.9 Å². The summed E-state index contributed by atoms with van der Waals surface area (Å²) >= 11 is 5.98. The Morgan fingerprint density at radius 2 is 1.97 bits per heavy atom. The second-order valence-electron chi connectivity index (χ2n) is 6.13. The zero-order chi connectivity index (χ0) is 21.5. The van der Waals surface area contributed by atoms with Gasteiger partial charge in [-0.2, -0.15) is 0 Å². The number of aliphatic hydroxyl groups excluding tert-OH is 1. The van der Waals surface area contributed by atoms with Gasteiger partial charge in [0.15, 0.2) is 23.1 Å². The van der Waals surface area contributed by atoms with Gasteiger partial charge in [0.2, 0.25) is 5.43 Å². The van der Waals surface area contributed by atoms with Gasteiger partial charge in [-0.25, -0.2) is 18.2 Å². The summed E-state index contributed by atoms with van der Waals surface area (Å²) in [5.74, 6) is -4.34. The molecule has 0 bridgehead atoms. The molecule has 0 atom stereocenters. The van der Waals surface area contributed by atoms with Gasteiger partial charge in [0, 0.05) is 25.9 Å². The average molecular weight is 427 g/mol. The number of fused-ring (bicyclic) bond motifs is 1. The number of amides is 1. The highest BCUT2D eigenvalue weighted by Crippen LogP contribution is 2.29. The summed E-state index contributed by atoms with van der Waals surface area (Å²) < 4.78 is 43.5. The second-order valence-corrected chi connectivity index (χ2v) is 6.54. The maximum Gasteiger partial charge on any atom is 0.254 e. The standard InChI is InChI=1S/C18H14ClF3N4O3/c1-25(2-3-27)18-13(22)6-9-15(28)10(16(23)29)7-26(17(9)24-18)14-11(19)4-8(20)5-12(14)21/h4-7,27H,2-3H2,1H3,(H2,23,29). The summed E-state index contributed by atoms with van der Waals surface area (Å²) in [5.41, 5.74) is 3.10. The summed E-state index contributed by atoms with van der Waals surface area (Å²) in [6.45, 7) is -0.286. The van der Waals surface area contributed by atoms with E-state index in [4.69, 9.17) is 22.4 Å². The van der Waals surface area contributed by atoms with Gasteiger partial charge >= 0.3 is 0 Å². The third-order valence-corrected chi connectivity index (χ3v) is 4.49. The number of rotatable bonds is 5. The normalized spacial score (nSPS) is 11.1. The monoisotopic (exact) mass is 426 g/mol. The van der Waals surface area contributed by atoms with Crippen LogP contribution in [-0.2, 0) is 0 Å². The van der Waals surface area contributed by atoms with Gasteiger partial charge in [-0.05, 0) is 12.1 Å². The minimum absolute atomic E-state index is 0.0185. The lowest BCUT2D eigenvalue weighted by molar-refractivity contribution is 0.0999. The Kier molecular flexibility index (Phi) is 5.49. The Labute approximate surface area is 166 Å². The molecule has 0 aliphatic rings. The van der Waals surface area contributed by atoms with Crippen LogP contribution in [0.3, 0.4) is 0 Å². The molecule has 1 amide bonds. The van der Waals surface area contributed by atoms with Crippen LogP contribution in [0.1, 0.15) is 10.4 Å². The first kappa shape index (κ1) is 20.6. The second kappa shape index (κ2) is 7.72. The average Bonchev–Trinajstić information content (AvgIpc) is 2.62. The molecule has 0 aliphatic carbocycles. The molecule has 2 aromatic heterocycles. The smallest absolute Gasteiger partial charge is 0.254 e. The minimum atomic E-state index is -1.13. The highest BCUT2D eigenvalue weighted by Gasteiger charge is 2.22. The Morgan fingerprint density at radius 3 is 2.55 bits per heavy atom. The topological polar surface area (TPSA) is 101 Å². The van der Waals surface area contributed by atoms with Crippen LogP contribution in [0.2, 0.25) is 5.02 Å². The molecule has 152 valence electrons. The number of likely N-dealkylation sites (N-methyl/N-ethyl adjacent to an activating group) is 1. The van der Waals surface area contributed by atoms with Crippen LogP contribution in [0.4, 0.5) is 19.0 Å². The van der Waals surface area contributed by atoms with Crippen LogP contribution in [0.15, 0.2) is 29.2 Å². The highest BCUT2D eigenvalue weighted by molar-refractivity contribution is 6.32. The number of anilines is 1. The minimum Gasteiger partial charge on any atom is -0.395 e. The maximum absolute atomic E-state index is 14.6. The summed E-state index contributed by atoms with van der Waals surface area (Å²) in [5, 5.41) is 8.34. The lowest BCUT2D eigenvalue weighted by Gasteiger charge is -2.20. The van der Waals surface area contributed by atoms with Crippen molar-refractivity contribution in [3.8, 4) is 5.69 Å². The van der Waals surface area contributed by atoms with Gasteiger partial charge in [0.25, 0.3) is 5.91 Å². The van der Waals surface area contributed by atoms with E-state index in [0.717, 1.165) is 22.9 Å². The Morgan fingerprint density at radius 1 is 1.28 bits per heavy atom. The lowest BCUT2D eigenvalue weighted by atomic mass is 10.1. The van der Waals surface area contributed by atoms with E-state index < -0.39 is 40.0 Å². The number of hydrogen-bond acceptors (Lipinski definition) is 5. The highest BCUT2D eigenvalue weighted by atomic mass is 35.5. The van der Waals surface area contributed by atoms with Crippen LogP contribution >= 0.6 is 11.6 Å². The van der Waals surface area contributed by atoms with Crippen LogP contribution in [0.25, 0.3) is 16.7 Å². The number of halogens is 4.